The molecule has 0 aliphatic rings. The number of hydrogen-bond donors (Lipinski definition) is 2. The van der Waals surface area contributed by atoms with Crippen molar-refractivity contribution in [2.75, 3.05) is 24.4 Å². The second-order valence-corrected chi connectivity index (χ2v) is 6.62. The molecular formula is C18H19F2N9O. The van der Waals surface area contributed by atoms with Gasteiger partial charge in [-0.2, -0.15) is 15.1 Å². The van der Waals surface area contributed by atoms with Crippen molar-refractivity contribution in [2.45, 2.75) is 6.04 Å². The van der Waals surface area contributed by atoms with Crippen LogP contribution in [-0.2, 0) is 18.8 Å². The van der Waals surface area contributed by atoms with E-state index < -0.39 is 17.7 Å². The first kappa shape index (κ1) is 19.6. The van der Waals surface area contributed by atoms with Crippen LogP contribution in [0.4, 0.5) is 26.4 Å². The van der Waals surface area contributed by atoms with Crippen LogP contribution in [0.3, 0.4) is 0 Å². The molecule has 0 saturated carbocycles. The fraction of sp³-hybridized carbons (Fsp3) is 0.278. The predicted octanol–water partition coefficient (Wildman–Crippen LogP) is 2.31. The number of aryl methyl sites for hydroxylation is 2. The first-order valence-electron chi connectivity index (χ1n) is 8.95. The number of hydrogen-bond acceptors (Lipinski definition) is 8. The minimum Gasteiger partial charge on any atom is -0.382 e. The highest BCUT2D eigenvalue weighted by atomic mass is 19.1. The second kappa shape index (κ2) is 7.99. The van der Waals surface area contributed by atoms with Crippen molar-refractivity contribution < 1.29 is 13.5 Å². The Hall–Kier alpha value is -3.67. The highest BCUT2D eigenvalue weighted by Gasteiger charge is 2.21. The van der Waals surface area contributed by atoms with E-state index in [1.54, 1.807) is 35.0 Å². The SMILES string of the molecule is COCC(Nc1nc(Nc2cn(C)cn2)c2cnn(C)c2n1)c1ncc(F)cc1F. The molecule has 30 heavy (non-hydrogen) atoms. The van der Waals surface area contributed by atoms with Crippen LogP contribution >= 0.6 is 0 Å². The minimum absolute atomic E-state index is 0.00816. The number of ether oxygens (including phenoxy) is 1. The molecule has 0 spiro atoms. The number of nitrogens with zero attached hydrogens (tertiary/aromatic N) is 7. The predicted molar refractivity (Wildman–Crippen MR) is 105 cm³/mol. The quantitative estimate of drug-likeness (QED) is 0.474. The molecule has 0 fully saturated rings. The van der Waals surface area contributed by atoms with E-state index in [0.29, 0.717) is 22.7 Å². The van der Waals surface area contributed by atoms with Gasteiger partial charge in [0.1, 0.15) is 29.0 Å². The van der Waals surface area contributed by atoms with Gasteiger partial charge >= 0.3 is 0 Å². The van der Waals surface area contributed by atoms with Crippen molar-refractivity contribution in [3.05, 3.63) is 48.3 Å². The maximum absolute atomic E-state index is 14.3. The number of halogens is 2. The van der Waals surface area contributed by atoms with Gasteiger partial charge in [-0.1, -0.05) is 0 Å². The van der Waals surface area contributed by atoms with Crippen LogP contribution < -0.4 is 10.6 Å². The molecule has 0 radical (unpaired) electrons. The lowest BCUT2D eigenvalue weighted by Gasteiger charge is -2.18. The number of rotatable bonds is 7. The second-order valence-electron chi connectivity index (χ2n) is 6.62. The van der Waals surface area contributed by atoms with Crippen molar-refractivity contribution in [3.8, 4) is 0 Å². The number of fused-ring (bicyclic) bond motifs is 1. The van der Waals surface area contributed by atoms with E-state index in [1.807, 2.05) is 7.05 Å². The van der Waals surface area contributed by atoms with Gasteiger partial charge in [0.25, 0.3) is 0 Å². The largest absolute Gasteiger partial charge is 0.382 e. The topological polar surface area (TPSA) is 108 Å². The van der Waals surface area contributed by atoms with Crippen LogP contribution in [0.15, 0.2) is 31.0 Å². The summed E-state index contributed by atoms with van der Waals surface area (Å²) in [6, 6.07) is 0.0234. The third-order valence-corrected chi connectivity index (χ3v) is 4.35. The van der Waals surface area contributed by atoms with Gasteiger partial charge in [0.05, 0.1) is 36.8 Å². The zero-order chi connectivity index (χ0) is 21.3. The number of pyridine rings is 1. The van der Waals surface area contributed by atoms with E-state index in [2.05, 4.69) is 35.7 Å². The molecule has 1 unspecified atom stereocenters. The third kappa shape index (κ3) is 3.89. The zero-order valence-corrected chi connectivity index (χ0v) is 16.5. The van der Waals surface area contributed by atoms with Gasteiger partial charge in [-0.05, 0) is 0 Å². The maximum atomic E-state index is 14.3. The molecule has 0 aliphatic heterocycles. The molecule has 0 aliphatic carbocycles. The first-order valence-corrected chi connectivity index (χ1v) is 8.95. The lowest BCUT2D eigenvalue weighted by atomic mass is 10.2. The van der Waals surface area contributed by atoms with Crippen molar-refractivity contribution in [1.29, 1.82) is 0 Å². The summed E-state index contributed by atoms with van der Waals surface area (Å²) in [5.74, 6) is -0.304. The number of imidazole rings is 1. The molecule has 2 N–H and O–H groups in total. The monoisotopic (exact) mass is 415 g/mol. The van der Waals surface area contributed by atoms with Gasteiger partial charge in [-0.15, -0.1) is 0 Å². The molecule has 0 saturated heterocycles. The van der Waals surface area contributed by atoms with Gasteiger partial charge in [0, 0.05) is 33.5 Å². The summed E-state index contributed by atoms with van der Waals surface area (Å²) in [5, 5.41) is 11.1. The molecular weight excluding hydrogens is 396 g/mol. The summed E-state index contributed by atoms with van der Waals surface area (Å²) < 4.78 is 36.1. The van der Waals surface area contributed by atoms with Gasteiger partial charge in [0.2, 0.25) is 5.95 Å². The van der Waals surface area contributed by atoms with Crippen LogP contribution in [0.2, 0.25) is 0 Å². The average Bonchev–Trinajstić information content (AvgIpc) is 3.27. The Bertz CT molecular complexity index is 1190. The third-order valence-electron chi connectivity index (χ3n) is 4.35. The highest BCUT2D eigenvalue weighted by molar-refractivity contribution is 5.89. The molecule has 0 amide bonds. The van der Waals surface area contributed by atoms with E-state index in [4.69, 9.17) is 4.74 Å². The lowest BCUT2D eigenvalue weighted by Crippen LogP contribution is -2.21. The summed E-state index contributed by atoms with van der Waals surface area (Å²) in [7, 11) is 5.07. The van der Waals surface area contributed by atoms with Gasteiger partial charge in [-0.3, -0.25) is 9.67 Å². The highest BCUT2D eigenvalue weighted by Crippen LogP contribution is 2.26. The Morgan fingerprint density at radius 3 is 2.70 bits per heavy atom. The number of anilines is 3. The fourth-order valence-corrected chi connectivity index (χ4v) is 2.97. The summed E-state index contributed by atoms with van der Waals surface area (Å²) in [6.07, 6.45) is 6.03. The molecule has 12 heteroatoms. The molecule has 0 bridgehead atoms. The Balaban J connectivity index is 1.72. The van der Waals surface area contributed by atoms with Crippen LogP contribution in [0, 0.1) is 11.6 Å². The fourth-order valence-electron chi connectivity index (χ4n) is 2.97. The van der Waals surface area contributed by atoms with Gasteiger partial charge in [0.15, 0.2) is 5.65 Å². The van der Waals surface area contributed by atoms with Crippen molar-refractivity contribution in [3.63, 3.8) is 0 Å². The summed E-state index contributed by atoms with van der Waals surface area (Å²) >= 11 is 0. The number of methoxy groups -OCH3 is 1. The lowest BCUT2D eigenvalue weighted by molar-refractivity contribution is 0.183. The molecule has 4 rings (SSSR count). The van der Waals surface area contributed by atoms with E-state index in [1.165, 1.54) is 7.11 Å². The van der Waals surface area contributed by atoms with Crippen LogP contribution in [-0.4, -0.2) is 48.0 Å². The smallest absolute Gasteiger partial charge is 0.227 e. The summed E-state index contributed by atoms with van der Waals surface area (Å²) in [4.78, 5) is 17.1. The Morgan fingerprint density at radius 2 is 2.00 bits per heavy atom. The van der Waals surface area contributed by atoms with Crippen LogP contribution in [0.5, 0.6) is 0 Å². The summed E-state index contributed by atoms with van der Waals surface area (Å²) in [5.41, 5.74) is 0.542. The summed E-state index contributed by atoms with van der Waals surface area (Å²) in [6.45, 7) is 0.0609. The normalized spacial score (nSPS) is 12.3. The zero-order valence-electron chi connectivity index (χ0n) is 16.5. The van der Waals surface area contributed by atoms with E-state index >= 15 is 0 Å². The Kier molecular flexibility index (Phi) is 5.23. The van der Waals surface area contributed by atoms with E-state index in [0.717, 1.165) is 12.3 Å². The van der Waals surface area contributed by atoms with Crippen molar-refractivity contribution in [2.24, 2.45) is 14.1 Å². The van der Waals surface area contributed by atoms with Crippen LogP contribution in [0.25, 0.3) is 11.0 Å². The molecule has 10 nitrogen and oxygen atoms in total. The first-order chi connectivity index (χ1) is 14.4. The molecule has 4 aromatic rings. The van der Waals surface area contributed by atoms with Crippen LogP contribution in [0.1, 0.15) is 11.7 Å². The Labute approximate surface area is 170 Å². The minimum atomic E-state index is -0.794. The van der Waals surface area contributed by atoms with E-state index in [9.17, 15) is 8.78 Å². The maximum Gasteiger partial charge on any atom is 0.227 e. The Morgan fingerprint density at radius 1 is 1.17 bits per heavy atom. The molecule has 4 aromatic heterocycles. The molecule has 1 atom stereocenters. The molecule has 0 aromatic carbocycles. The van der Waals surface area contributed by atoms with Crippen molar-refractivity contribution in [1.82, 2.24) is 34.3 Å². The molecule has 156 valence electrons. The van der Waals surface area contributed by atoms with Crippen molar-refractivity contribution >= 4 is 28.6 Å². The number of aromatic nitrogens is 7. The van der Waals surface area contributed by atoms with Gasteiger partial charge in [-0.25, -0.2) is 13.8 Å². The average molecular weight is 415 g/mol. The molecule has 4 heterocycles. The number of nitrogens with one attached hydrogen (secondary N) is 2. The van der Waals surface area contributed by atoms with Gasteiger partial charge < -0.3 is 19.9 Å². The standard InChI is InChI=1S/C18H19F2N9O/c1-28-7-14(22-9-28)25-16-11-6-23-29(2)17(11)27-18(26-16)24-13(8-30-3)15-12(20)4-10(19)5-21-15/h4-7,9,13H,8H2,1-3H3,(H2,24,25,26,27). The van der Waals surface area contributed by atoms with E-state index in [-0.39, 0.29) is 18.2 Å².